The summed E-state index contributed by atoms with van der Waals surface area (Å²) in [6.07, 6.45) is 1.61. The third kappa shape index (κ3) is 1.50. The zero-order valence-electron chi connectivity index (χ0n) is 6.78. The summed E-state index contributed by atoms with van der Waals surface area (Å²) < 4.78 is 1.43. The highest BCUT2D eigenvalue weighted by molar-refractivity contribution is 6.35. The molecule has 2 aromatic heterocycles. The van der Waals surface area contributed by atoms with Crippen molar-refractivity contribution in [2.24, 2.45) is 0 Å². The molecule has 0 saturated carbocycles. The van der Waals surface area contributed by atoms with Crippen LogP contribution in [0.2, 0.25) is 10.4 Å². The van der Waals surface area contributed by atoms with Gasteiger partial charge in [0, 0.05) is 6.20 Å². The minimum absolute atomic E-state index is 0.0460. The van der Waals surface area contributed by atoms with Crippen molar-refractivity contribution in [3.63, 3.8) is 0 Å². The van der Waals surface area contributed by atoms with E-state index in [9.17, 15) is 0 Å². The van der Waals surface area contributed by atoms with E-state index in [1.807, 2.05) is 6.07 Å². The van der Waals surface area contributed by atoms with Gasteiger partial charge in [0.25, 0.3) is 0 Å². The van der Waals surface area contributed by atoms with Gasteiger partial charge in [-0.3, -0.25) is 4.68 Å². The number of nitriles is 1. The first-order valence-electron chi connectivity index (χ1n) is 3.64. The van der Waals surface area contributed by atoms with Gasteiger partial charge in [-0.05, 0) is 11.6 Å². The van der Waals surface area contributed by atoms with Crippen LogP contribution in [0.25, 0.3) is 11.0 Å². The molecule has 0 N–H and O–H groups in total. The first kappa shape index (κ1) is 9.19. The molecule has 2 heterocycles. The Balaban J connectivity index is 2.66. The van der Waals surface area contributed by atoms with Crippen LogP contribution in [0.15, 0.2) is 6.20 Å². The van der Waals surface area contributed by atoms with E-state index in [1.54, 1.807) is 6.20 Å². The summed E-state index contributed by atoms with van der Waals surface area (Å²) in [5, 5.41) is 13.3. The highest BCUT2D eigenvalue weighted by Gasteiger charge is 2.08. The average molecular weight is 228 g/mol. The maximum Gasteiger partial charge on any atom is 0.225 e. The van der Waals surface area contributed by atoms with E-state index in [2.05, 4.69) is 15.1 Å². The molecular formula is C7H3Cl2N5. The second kappa shape index (κ2) is 3.40. The van der Waals surface area contributed by atoms with Crippen LogP contribution in [0.4, 0.5) is 0 Å². The van der Waals surface area contributed by atoms with Gasteiger partial charge >= 0.3 is 0 Å². The summed E-state index contributed by atoms with van der Waals surface area (Å²) in [6, 6.07) is 1.96. The zero-order chi connectivity index (χ0) is 10.1. The molecule has 7 heteroatoms. The van der Waals surface area contributed by atoms with E-state index in [1.165, 1.54) is 4.68 Å². The van der Waals surface area contributed by atoms with Gasteiger partial charge in [0.1, 0.15) is 11.7 Å². The maximum absolute atomic E-state index is 8.46. The topological polar surface area (TPSA) is 67.4 Å². The van der Waals surface area contributed by atoms with Crippen LogP contribution in [0.5, 0.6) is 0 Å². The van der Waals surface area contributed by atoms with Crippen molar-refractivity contribution in [2.75, 3.05) is 0 Å². The van der Waals surface area contributed by atoms with Crippen LogP contribution in [0.1, 0.15) is 0 Å². The molecule has 0 atom stereocenters. The standard InChI is InChI=1S/C7H3Cl2N5/c8-5-4-3-14(2-1-10)13-6(4)12-7(9)11-5/h3H,2H2. The minimum Gasteiger partial charge on any atom is -0.256 e. The number of hydrogen-bond donors (Lipinski definition) is 0. The third-order valence-corrected chi connectivity index (χ3v) is 2.04. The highest BCUT2D eigenvalue weighted by atomic mass is 35.5. The first-order valence-corrected chi connectivity index (χ1v) is 4.39. The van der Waals surface area contributed by atoms with Crippen molar-refractivity contribution in [3.8, 4) is 6.07 Å². The second-order valence-corrected chi connectivity index (χ2v) is 3.20. The van der Waals surface area contributed by atoms with Crippen LogP contribution in [-0.2, 0) is 6.54 Å². The van der Waals surface area contributed by atoms with Crippen LogP contribution < -0.4 is 0 Å². The molecule has 14 heavy (non-hydrogen) atoms. The fourth-order valence-electron chi connectivity index (χ4n) is 1.05. The highest BCUT2D eigenvalue weighted by Crippen LogP contribution is 2.20. The number of halogens is 2. The fourth-order valence-corrected chi connectivity index (χ4v) is 1.47. The summed E-state index contributed by atoms with van der Waals surface area (Å²) in [5.41, 5.74) is 0.394. The molecule has 0 saturated heterocycles. The van der Waals surface area contributed by atoms with Crippen molar-refractivity contribution in [2.45, 2.75) is 6.54 Å². The van der Waals surface area contributed by atoms with E-state index in [0.717, 1.165) is 0 Å². The summed E-state index contributed by atoms with van der Waals surface area (Å²) in [6.45, 7) is 0.143. The third-order valence-electron chi connectivity index (χ3n) is 1.59. The van der Waals surface area contributed by atoms with Gasteiger partial charge in [0.15, 0.2) is 5.65 Å². The predicted octanol–water partition coefficient (Wildman–Crippen LogP) is 1.66. The molecule has 0 aromatic carbocycles. The van der Waals surface area contributed by atoms with E-state index >= 15 is 0 Å². The van der Waals surface area contributed by atoms with Crippen molar-refractivity contribution in [1.29, 1.82) is 5.26 Å². The Labute approximate surface area is 88.9 Å². The molecule has 0 aliphatic heterocycles. The Morgan fingerprint density at radius 1 is 1.43 bits per heavy atom. The molecule has 0 aliphatic rings. The van der Waals surface area contributed by atoms with Gasteiger partial charge in [0.05, 0.1) is 11.5 Å². The molecule has 2 aromatic rings. The first-order chi connectivity index (χ1) is 6.70. The Bertz CT molecular complexity index is 527. The maximum atomic E-state index is 8.46. The van der Waals surface area contributed by atoms with Gasteiger partial charge in [-0.15, -0.1) is 0 Å². The van der Waals surface area contributed by atoms with Crippen molar-refractivity contribution in [3.05, 3.63) is 16.6 Å². The SMILES string of the molecule is N#CCn1cc2c(Cl)nc(Cl)nc2n1. The van der Waals surface area contributed by atoms with Gasteiger partial charge in [-0.25, -0.2) is 4.98 Å². The monoisotopic (exact) mass is 227 g/mol. The lowest BCUT2D eigenvalue weighted by molar-refractivity contribution is 0.717. The Morgan fingerprint density at radius 3 is 2.93 bits per heavy atom. The molecule has 0 spiro atoms. The summed E-state index contributed by atoms with van der Waals surface area (Å²) in [7, 11) is 0. The number of aromatic nitrogens is 4. The Hall–Kier alpha value is -1.38. The summed E-state index contributed by atoms with van der Waals surface area (Å²) in [4.78, 5) is 7.63. The zero-order valence-corrected chi connectivity index (χ0v) is 8.29. The molecule has 0 bridgehead atoms. The van der Waals surface area contributed by atoms with E-state index in [0.29, 0.717) is 11.0 Å². The quantitative estimate of drug-likeness (QED) is 0.549. The fraction of sp³-hybridized carbons (Fsp3) is 0.143. The summed E-state index contributed by atoms with van der Waals surface area (Å²) in [5.74, 6) is 0. The molecular weight excluding hydrogens is 225 g/mol. The normalized spacial score (nSPS) is 10.4. The molecule has 0 aliphatic carbocycles. The Morgan fingerprint density at radius 2 is 2.21 bits per heavy atom. The van der Waals surface area contributed by atoms with Gasteiger partial charge in [-0.1, -0.05) is 11.6 Å². The molecule has 0 fully saturated rings. The molecule has 0 radical (unpaired) electrons. The van der Waals surface area contributed by atoms with Crippen molar-refractivity contribution >= 4 is 34.2 Å². The average Bonchev–Trinajstić information content (AvgIpc) is 2.48. The van der Waals surface area contributed by atoms with E-state index < -0.39 is 0 Å². The number of fused-ring (bicyclic) bond motifs is 1. The van der Waals surface area contributed by atoms with Crippen LogP contribution in [0.3, 0.4) is 0 Å². The molecule has 2 rings (SSSR count). The molecule has 0 unspecified atom stereocenters. The summed E-state index contributed by atoms with van der Waals surface area (Å²) >= 11 is 11.4. The van der Waals surface area contributed by atoms with Crippen LogP contribution >= 0.6 is 23.2 Å². The van der Waals surface area contributed by atoms with E-state index in [4.69, 9.17) is 28.5 Å². The molecule has 5 nitrogen and oxygen atoms in total. The van der Waals surface area contributed by atoms with Crippen LogP contribution in [0, 0.1) is 11.3 Å². The van der Waals surface area contributed by atoms with Gasteiger partial charge < -0.3 is 0 Å². The largest absolute Gasteiger partial charge is 0.256 e. The minimum atomic E-state index is 0.0460. The van der Waals surface area contributed by atoms with Gasteiger partial charge in [-0.2, -0.15) is 15.3 Å². The second-order valence-electron chi connectivity index (χ2n) is 2.51. The number of hydrogen-bond acceptors (Lipinski definition) is 4. The van der Waals surface area contributed by atoms with Crippen molar-refractivity contribution in [1.82, 2.24) is 19.7 Å². The van der Waals surface area contributed by atoms with Gasteiger partial charge in [0.2, 0.25) is 5.28 Å². The Kier molecular flexibility index (Phi) is 2.23. The predicted molar refractivity (Wildman–Crippen MR) is 51.0 cm³/mol. The molecule has 0 amide bonds. The smallest absolute Gasteiger partial charge is 0.225 e. The number of nitrogens with zero attached hydrogens (tertiary/aromatic N) is 5. The molecule has 70 valence electrons. The number of rotatable bonds is 1. The lowest BCUT2D eigenvalue weighted by Crippen LogP contribution is -1.94. The van der Waals surface area contributed by atoms with Crippen LogP contribution in [-0.4, -0.2) is 19.7 Å². The van der Waals surface area contributed by atoms with E-state index in [-0.39, 0.29) is 17.0 Å². The lowest BCUT2D eigenvalue weighted by Gasteiger charge is -1.90. The lowest BCUT2D eigenvalue weighted by atomic mass is 10.4. The van der Waals surface area contributed by atoms with Crippen molar-refractivity contribution < 1.29 is 0 Å².